The summed E-state index contributed by atoms with van der Waals surface area (Å²) in [4.78, 5) is 10.0. The molecule has 0 bridgehead atoms. The average molecular weight is 135 g/mol. The quantitative estimate of drug-likeness (QED) is 0.598. The second-order valence-corrected chi connectivity index (χ2v) is 1.93. The maximum atomic E-state index is 10.0. The van der Waals surface area contributed by atoms with E-state index >= 15 is 0 Å². The van der Waals surface area contributed by atoms with Gasteiger partial charge in [-0.15, -0.1) is 0 Å². The highest BCUT2D eigenvalue weighted by atomic mass is 32.1. The van der Waals surface area contributed by atoms with Crippen LogP contribution in [-0.4, -0.2) is 5.12 Å². The van der Waals surface area contributed by atoms with Gasteiger partial charge < -0.3 is 23.6 Å². The molecule has 0 spiro atoms. The number of hydrogen-bond acceptors (Lipinski definition) is 2. The van der Waals surface area contributed by atoms with Crippen LogP contribution in [0.1, 0.15) is 26.2 Å². The highest BCUT2D eigenvalue weighted by molar-refractivity contribution is 7.77. The van der Waals surface area contributed by atoms with Crippen LogP contribution in [0, 0.1) is 0 Å². The van der Waals surface area contributed by atoms with Crippen molar-refractivity contribution in [1.29, 1.82) is 0 Å². The highest BCUT2D eigenvalue weighted by Crippen LogP contribution is 1.92. The molecule has 0 aliphatic rings. The maximum absolute atomic E-state index is 10.0. The van der Waals surface area contributed by atoms with E-state index in [0.29, 0.717) is 6.42 Å². The van der Waals surface area contributed by atoms with Crippen LogP contribution >= 0.6 is 0 Å². The fourth-order valence-corrected chi connectivity index (χ4v) is 0.465. The Morgan fingerprint density at radius 2 is 2.12 bits per heavy atom. The summed E-state index contributed by atoms with van der Waals surface area (Å²) >= 11 is 4.31. The SMILES string of the molecule is CCCCC(=O)[S-].[NH4+]. The van der Waals surface area contributed by atoms with E-state index < -0.39 is 0 Å². The molecule has 0 aromatic carbocycles. The number of hydrogen-bond donors (Lipinski definition) is 1. The molecule has 8 heavy (non-hydrogen) atoms. The Bertz CT molecular complexity index is 65.4. The summed E-state index contributed by atoms with van der Waals surface area (Å²) < 4.78 is 0. The fourth-order valence-electron chi connectivity index (χ4n) is 0.321. The van der Waals surface area contributed by atoms with Crippen LogP contribution in [0.3, 0.4) is 0 Å². The topological polar surface area (TPSA) is 53.6 Å². The van der Waals surface area contributed by atoms with Crippen molar-refractivity contribution in [3.63, 3.8) is 0 Å². The van der Waals surface area contributed by atoms with E-state index in [1.165, 1.54) is 0 Å². The van der Waals surface area contributed by atoms with E-state index in [1.54, 1.807) is 0 Å². The molecule has 0 aromatic rings. The second kappa shape index (κ2) is 6.85. The molecule has 2 nitrogen and oxygen atoms in total. The molecule has 0 atom stereocenters. The van der Waals surface area contributed by atoms with Gasteiger partial charge in [0.2, 0.25) is 0 Å². The summed E-state index contributed by atoms with van der Waals surface area (Å²) in [5.41, 5.74) is 0. The number of rotatable bonds is 3. The molecule has 3 heteroatoms. The van der Waals surface area contributed by atoms with Gasteiger partial charge in [-0.2, -0.15) is 0 Å². The molecule has 4 N–H and O–H groups in total. The van der Waals surface area contributed by atoms with Crippen molar-refractivity contribution in [1.82, 2.24) is 6.15 Å². The monoisotopic (exact) mass is 135 g/mol. The maximum Gasteiger partial charge on any atom is 0.0119 e. The van der Waals surface area contributed by atoms with Crippen LogP contribution < -0.4 is 6.15 Å². The van der Waals surface area contributed by atoms with Gasteiger partial charge in [0.05, 0.1) is 0 Å². The zero-order valence-corrected chi connectivity index (χ0v) is 6.25. The van der Waals surface area contributed by atoms with Crippen LogP contribution in [0.25, 0.3) is 0 Å². The standard InChI is InChI=1S/C5H10OS.H3N/c1-2-3-4-5(6)7;/h2-4H2,1H3,(H,6,7);1H3. The Hall–Kier alpha value is -0.150. The minimum absolute atomic E-state index is 0. The molecule has 0 heterocycles. The highest BCUT2D eigenvalue weighted by Gasteiger charge is 1.79. The summed E-state index contributed by atoms with van der Waals surface area (Å²) in [6.45, 7) is 2.04. The van der Waals surface area contributed by atoms with Gasteiger partial charge in [-0.3, -0.25) is 0 Å². The third kappa shape index (κ3) is 9.28. The minimum Gasteiger partial charge on any atom is -0.742 e. The van der Waals surface area contributed by atoms with Gasteiger partial charge in [0.25, 0.3) is 0 Å². The smallest absolute Gasteiger partial charge is 0.0119 e. The van der Waals surface area contributed by atoms with Crippen LogP contribution in [-0.2, 0) is 17.4 Å². The van der Waals surface area contributed by atoms with Crippen molar-refractivity contribution in [3.8, 4) is 0 Å². The van der Waals surface area contributed by atoms with Crippen LogP contribution in [0.2, 0.25) is 0 Å². The first kappa shape index (κ1) is 10.8. The zero-order valence-electron chi connectivity index (χ0n) is 5.44. The Balaban J connectivity index is 0. The summed E-state index contributed by atoms with van der Waals surface area (Å²) in [5, 5.41) is -0.109. The predicted octanol–water partition coefficient (Wildman–Crippen LogP) is 1.63. The van der Waals surface area contributed by atoms with E-state index in [1.807, 2.05) is 6.92 Å². The van der Waals surface area contributed by atoms with E-state index in [4.69, 9.17) is 0 Å². The van der Waals surface area contributed by atoms with Gasteiger partial charge in [-0.1, -0.05) is 13.3 Å². The molecule has 0 fully saturated rings. The molecule has 0 saturated heterocycles. The third-order valence-electron chi connectivity index (χ3n) is 0.734. The van der Waals surface area contributed by atoms with Crippen molar-refractivity contribution < 1.29 is 4.79 Å². The van der Waals surface area contributed by atoms with Crippen molar-refractivity contribution in [2.45, 2.75) is 26.2 Å². The van der Waals surface area contributed by atoms with Crippen molar-refractivity contribution in [3.05, 3.63) is 0 Å². The molecule has 0 saturated carbocycles. The van der Waals surface area contributed by atoms with Gasteiger partial charge >= 0.3 is 0 Å². The summed E-state index contributed by atoms with van der Waals surface area (Å²) in [7, 11) is 0. The third-order valence-corrected chi connectivity index (χ3v) is 0.939. The lowest BCUT2D eigenvalue weighted by atomic mass is 10.3. The molecule has 0 aliphatic heterocycles. The lowest BCUT2D eigenvalue weighted by Gasteiger charge is -1.98. The van der Waals surface area contributed by atoms with E-state index in [9.17, 15) is 4.79 Å². The molecule has 0 amide bonds. The lowest BCUT2D eigenvalue weighted by molar-refractivity contribution is -0.110. The Kier molecular flexibility index (Phi) is 9.22. The molecular formula is C5H13NOS. The first-order valence-corrected chi connectivity index (χ1v) is 2.88. The minimum atomic E-state index is -0.109. The number of quaternary nitrogens is 1. The summed E-state index contributed by atoms with van der Waals surface area (Å²) in [6.07, 6.45) is 2.58. The van der Waals surface area contributed by atoms with Gasteiger partial charge in [0, 0.05) is 5.12 Å². The molecule has 0 unspecified atom stereocenters. The van der Waals surface area contributed by atoms with Gasteiger partial charge in [-0.25, -0.2) is 0 Å². The predicted molar refractivity (Wildman–Crippen MR) is 37.9 cm³/mol. The molecular weight excluding hydrogens is 122 g/mol. The lowest BCUT2D eigenvalue weighted by Crippen LogP contribution is -1.88. The Morgan fingerprint density at radius 3 is 2.25 bits per heavy atom. The summed E-state index contributed by atoms with van der Waals surface area (Å²) in [6, 6.07) is 0. The second-order valence-electron chi connectivity index (χ2n) is 1.48. The largest absolute Gasteiger partial charge is 0.742 e. The van der Waals surface area contributed by atoms with Crippen LogP contribution in [0.5, 0.6) is 0 Å². The molecule has 0 rings (SSSR count). The van der Waals surface area contributed by atoms with Crippen molar-refractivity contribution in [2.75, 3.05) is 0 Å². The van der Waals surface area contributed by atoms with Crippen LogP contribution in [0.4, 0.5) is 0 Å². The first-order chi connectivity index (χ1) is 3.27. The first-order valence-electron chi connectivity index (χ1n) is 2.47. The van der Waals surface area contributed by atoms with Gasteiger partial charge in [0.1, 0.15) is 0 Å². The van der Waals surface area contributed by atoms with Crippen molar-refractivity contribution >= 4 is 17.7 Å². The van der Waals surface area contributed by atoms with Gasteiger partial charge in [0.15, 0.2) is 0 Å². The molecule has 50 valence electrons. The molecule has 0 radical (unpaired) electrons. The fraction of sp³-hybridized carbons (Fsp3) is 0.800. The average Bonchev–Trinajstić information content (AvgIpc) is 1.61. The summed E-state index contributed by atoms with van der Waals surface area (Å²) in [5.74, 6) is 0. The Morgan fingerprint density at radius 1 is 1.62 bits per heavy atom. The van der Waals surface area contributed by atoms with E-state index in [2.05, 4.69) is 12.6 Å². The number of carbonyl (C=O) groups excluding carboxylic acids is 1. The Labute approximate surface area is 55.7 Å². The molecule has 0 aromatic heterocycles. The normalized spacial score (nSPS) is 7.62. The van der Waals surface area contributed by atoms with E-state index in [-0.39, 0.29) is 11.3 Å². The van der Waals surface area contributed by atoms with Crippen molar-refractivity contribution in [2.24, 2.45) is 0 Å². The number of unbranched alkanes of at least 4 members (excludes halogenated alkanes) is 1. The number of carbonyl (C=O) groups is 1. The van der Waals surface area contributed by atoms with E-state index in [0.717, 1.165) is 12.8 Å². The van der Waals surface area contributed by atoms with Gasteiger partial charge in [-0.05, 0) is 12.8 Å². The molecule has 0 aliphatic carbocycles. The van der Waals surface area contributed by atoms with Crippen LogP contribution in [0.15, 0.2) is 0 Å². The zero-order chi connectivity index (χ0) is 5.70.